The standard InChI is InChI=1S/C22H26ClN3O5S/c1-15-2-7-21(28)26(15)25-10-8-24(9-11-25)22(29)20(27)14-32(30,31)19-6-4-16-12-18(23)5-3-17(16)13-19/h3-6,12-13,15,20,27H,2,7-11,14H2,1H3. The molecule has 4 rings (SSSR count). The van der Waals surface area contributed by atoms with Crippen LogP contribution < -0.4 is 0 Å². The second-order valence-corrected chi connectivity index (χ2v) is 10.8. The summed E-state index contributed by atoms with van der Waals surface area (Å²) in [5.74, 6) is -1.21. The molecule has 0 bridgehead atoms. The molecule has 10 heteroatoms. The molecule has 2 amide bonds. The van der Waals surface area contributed by atoms with Gasteiger partial charge in [0, 0.05) is 43.7 Å². The van der Waals surface area contributed by atoms with Crippen molar-refractivity contribution in [1.29, 1.82) is 0 Å². The van der Waals surface area contributed by atoms with Crippen LogP contribution in [0.2, 0.25) is 5.02 Å². The Morgan fingerprint density at radius 3 is 2.44 bits per heavy atom. The second kappa shape index (κ2) is 8.97. The highest BCUT2D eigenvalue weighted by atomic mass is 35.5. The minimum absolute atomic E-state index is 0.0468. The summed E-state index contributed by atoms with van der Waals surface area (Å²) in [4.78, 5) is 26.3. The number of amides is 2. The SMILES string of the molecule is CC1CCC(=O)N1N1CCN(C(=O)C(O)CS(=O)(=O)c2ccc3cc(Cl)ccc3c2)CC1. The first-order valence-corrected chi connectivity index (χ1v) is 12.6. The first kappa shape index (κ1) is 23.0. The van der Waals surface area contributed by atoms with E-state index in [1.54, 1.807) is 29.3 Å². The third kappa shape index (κ3) is 4.61. The smallest absolute Gasteiger partial charge is 0.252 e. The minimum Gasteiger partial charge on any atom is -0.382 e. The first-order chi connectivity index (χ1) is 15.2. The third-order valence-corrected chi connectivity index (χ3v) is 8.08. The van der Waals surface area contributed by atoms with Crippen LogP contribution in [-0.2, 0) is 19.4 Å². The highest BCUT2D eigenvalue weighted by Gasteiger charge is 2.36. The number of aliphatic hydroxyl groups is 1. The average molecular weight is 480 g/mol. The number of halogens is 1. The molecule has 2 aliphatic heterocycles. The number of piperazine rings is 1. The number of nitrogens with zero attached hydrogens (tertiary/aromatic N) is 3. The van der Waals surface area contributed by atoms with E-state index in [9.17, 15) is 23.1 Å². The van der Waals surface area contributed by atoms with Crippen LogP contribution in [0.3, 0.4) is 0 Å². The Morgan fingerprint density at radius 2 is 1.78 bits per heavy atom. The summed E-state index contributed by atoms with van der Waals surface area (Å²) in [6.07, 6.45) is -0.311. The number of sulfone groups is 1. The average Bonchev–Trinajstić information content (AvgIpc) is 3.10. The van der Waals surface area contributed by atoms with Gasteiger partial charge in [0.2, 0.25) is 5.91 Å². The van der Waals surface area contributed by atoms with E-state index in [0.29, 0.717) is 43.0 Å². The predicted molar refractivity (Wildman–Crippen MR) is 121 cm³/mol. The Labute approximate surface area is 192 Å². The lowest BCUT2D eigenvalue weighted by Crippen LogP contribution is -2.58. The molecule has 0 aromatic heterocycles. The monoisotopic (exact) mass is 479 g/mol. The first-order valence-electron chi connectivity index (χ1n) is 10.6. The summed E-state index contributed by atoms with van der Waals surface area (Å²) in [6, 6.07) is 9.91. The lowest BCUT2D eigenvalue weighted by atomic mass is 10.1. The Balaban J connectivity index is 1.39. The summed E-state index contributed by atoms with van der Waals surface area (Å²) in [5, 5.41) is 16.2. The lowest BCUT2D eigenvalue weighted by Gasteiger charge is -2.41. The van der Waals surface area contributed by atoms with E-state index in [1.165, 1.54) is 17.0 Å². The van der Waals surface area contributed by atoms with Gasteiger partial charge in [-0.25, -0.2) is 13.4 Å². The maximum atomic E-state index is 12.8. The second-order valence-electron chi connectivity index (χ2n) is 8.36. The van der Waals surface area contributed by atoms with E-state index in [4.69, 9.17) is 11.6 Å². The van der Waals surface area contributed by atoms with Crippen molar-refractivity contribution < 1.29 is 23.1 Å². The fourth-order valence-electron chi connectivity index (χ4n) is 4.36. The molecular weight excluding hydrogens is 454 g/mol. The van der Waals surface area contributed by atoms with Crippen LogP contribution in [0, 0.1) is 0 Å². The summed E-state index contributed by atoms with van der Waals surface area (Å²) >= 11 is 5.97. The van der Waals surface area contributed by atoms with E-state index >= 15 is 0 Å². The van der Waals surface area contributed by atoms with Crippen LogP contribution in [0.25, 0.3) is 10.8 Å². The van der Waals surface area contributed by atoms with Crippen LogP contribution in [0.15, 0.2) is 41.3 Å². The molecule has 0 aliphatic carbocycles. The van der Waals surface area contributed by atoms with E-state index in [1.807, 2.05) is 11.9 Å². The van der Waals surface area contributed by atoms with Crippen molar-refractivity contribution in [3.05, 3.63) is 41.4 Å². The molecule has 0 spiro atoms. The number of hydrazine groups is 1. The van der Waals surface area contributed by atoms with Crippen molar-refractivity contribution in [2.75, 3.05) is 31.9 Å². The molecule has 2 heterocycles. The van der Waals surface area contributed by atoms with Crippen LogP contribution in [0.5, 0.6) is 0 Å². The maximum absolute atomic E-state index is 12.8. The Kier molecular flexibility index (Phi) is 6.44. The lowest BCUT2D eigenvalue weighted by molar-refractivity contribution is -0.155. The van der Waals surface area contributed by atoms with Gasteiger partial charge in [-0.05, 0) is 48.4 Å². The highest BCUT2D eigenvalue weighted by molar-refractivity contribution is 7.91. The molecular formula is C22H26ClN3O5S. The molecule has 2 saturated heterocycles. The van der Waals surface area contributed by atoms with Gasteiger partial charge in [0.05, 0.1) is 10.6 Å². The van der Waals surface area contributed by atoms with Crippen molar-refractivity contribution >= 4 is 44.0 Å². The largest absolute Gasteiger partial charge is 0.382 e. The van der Waals surface area contributed by atoms with Crippen LogP contribution in [0.4, 0.5) is 0 Å². The van der Waals surface area contributed by atoms with E-state index in [0.717, 1.165) is 11.8 Å². The third-order valence-electron chi connectivity index (χ3n) is 6.12. The minimum atomic E-state index is -3.88. The van der Waals surface area contributed by atoms with Gasteiger partial charge in [-0.2, -0.15) is 0 Å². The number of carbonyl (C=O) groups is 2. The zero-order valence-corrected chi connectivity index (χ0v) is 19.3. The molecule has 8 nitrogen and oxygen atoms in total. The zero-order valence-electron chi connectivity index (χ0n) is 17.8. The topological polar surface area (TPSA) is 98.2 Å². The maximum Gasteiger partial charge on any atom is 0.252 e. The van der Waals surface area contributed by atoms with Gasteiger partial charge in [-0.1, -0.05) is 23.7 Å². The molecule has 1 N–H and O–H groups in total. The van der Waals surface area contributed by atoms with Gasteiger partial charge in [0.25, 0.3) is 5.91 Å². The number of carbonyl (C=O) groups excluding carboxylic acids is 2. The zero-order chi connectivity index (χ0) is 23.0. The molecule has 172 valence electrons. The Hall–Kier alpha value is -2.20. The van der Waals surface area contributed by atoms with Gasteiger partial charge in [-0.3, -0.25) is 14.6 Å². The molecule has 2 aromatic rings. The summed E-state index contributed by atoms with van der Waals surface area (Å²) in [7, 11) is -3.88. The summed E-state index contributed by atoms with van der Waals surface area (Å²) < 4.78 is 25.7. The molecule has 2 aromatic carbocycles. The number of hydrogen-bond acceptors (Lipinski definition) is 6. The van der Waals surface area contributed by atoms with Crippen molar-refractivity contribution in [2.45, 2.75) is 36.8 Å². The van der Waals surface area contributed by atoms with Crippen molar-refractivity contribution in [2.24, 2.45) is 0 Å². The summed E-state index contributed by atoms with van der Waals surface area (Å²) in [5.41, 5.74) is 0. The van der Waals surface area contributed by atoms with Gasteiger partial charge < -0.3 is 10.0 Å². The molecule has 0 saturated carbocycles. The van der Waals surface area contributed by atoms with Crippen molar-refractivity contribution in [3.8, 4) is 0 Å². The Morgan fingerprint density at radius 1 is 1.12 bits per heavy atom. The number of aliphatic hydroxyl groups excluding tert-OH is 1. The molecule has 32 heavy (non-hydrogen) atoms. The van der Waals surface area contributed by atoms with Gasteiger partial charge in [0.15, 0.2) is 9.84 Å². The van der Waals surface area contributed by atoms with Crippen LogP contribution in [0.1, 0.15) is 19.8 Å². The van der Waals surface area contributed by atoms with Crippen LogP contribution >= 0.6 is 11.6 Å². The fourth-order valence-corrected chi connectivity index (χ4v) is 5.87. The van der Waals surface area contributed by atoms with Gasteiger partial charge >= 0.3 is 0 Å². The molecule has 0 radical (unpaired) electrons. The summed E-state index contributed by atoms with van der Waals surface area (Å²) in [6.45, 7) is 3.58. The number of hydrogen-bond donors (Lipinski definition) is 1. The fraction of sp³-hybridized carbons (Fsp3) is 0.455. The molecule has 2 atom stereocenters. The Bertz CT molecular complexity index is 1150. The molecule has 2 aliphatic rings. The number of benzene rings is 2. The normalized spacial score (nSPS) is 21.3. The quantitative estimate of drug-likeness (QED) is 0.701. The predicted octanol–water partition coefficient (Wildman–Crippen LogP) is 1.70. The van der Waals surface area contributed by atoms with Gasteiger partial charge in [0.1, 0.15) is 6.10 Å². The molecule has 2 unspecified atom stereocenters. The van der Waals surface area contributed by atoms with Crippen LogP contribution in [-0.4, -0.2) is 84.3 Å². The van der Waals surface area contributed by atoms with Crippen molar-refractivity contribution in [1.82, 2.24) is 14.9 Å². The van der Waals surface area contributed by atoms with E-state index in [-0.39, 0.29) is 16.8 Å². The van der Waals surface area contributed by atoms with Crippen molar-refractivity contribution in [3.63, 3.8) is 0 Å². The highest BCUT2D eigenvalue weighted by Crippen LogP contribution is 2.24. The number of rotatable bonds is 5. The van der Waals surface area contributed by atoms with Gasteiger partial charge in [-0.15, -0.1) is 0 Å². The number of fused-ring (bicyclic) bond motifs is 1. The van der Waals surface area contributed by atoms with E-state index in [2.05, 4.69) is 0 Å². The van der Waals surface area contributed by atoms with E-state index < -0.39 is 27.6 Å². The molecule has 2 fully saturated rings.